The van der Waals surface area contributed by atoms with Gasteiger partial charge >= 0.3 is 0 Å². The molecular formula is C17H14N6. The van der Waals surface area contributed by atoms with Crippen LogP contribution in [0, 0.1) is 0 Å². The Kier molecular flexibility index (Phi) is 3.21. The molecule has 6 nitrogen and oxygen atoms in total. The van der Waals surface area contributed by atoms with Gasteiger partial charge in [-0.15, -0.1) is 0 Å². The van der Waals surface area contributed by atoms with Crippen LogP contribution < -0.4 is 11.3 Å². The zero-order valence-corrected chi connectivity index (χ0v) is 12.2. The molecule has 0 saturated carbocycles. The minimum atomic E-state index is 0.552. The van der Waals surface area contributed by atoms with E-state index >= 15 is 0 Å². The number of aromatic nitrogens is 4. The second-order valence-corrected chi connectivity index (χ2v) is 5.03. The van der Waals surface area contributed by atoms with E-state index in [9.17, 15) is 0 Å². The van der Waals surface area contributed by atoms with E-state index in [0.29, 0.717) is 11.5 Å². The molecule has 2 aromatic carbocycles. The van der Waals surface area contributed by atoms with E-state index in [4.69, 9.17) is 10.9 Å². The summed E-state index contributed by atoms with van der Waals surface area (Å²) in [6, 6.07) is 19.8. The number of para-hydroxylation sites is 1. The number of nitrogen functional groups attached to an aromatic ring is 1. The van der Waals surface area contributed by atoms with Gasteiger partial charge in [0.15, 0.2) is 11.5 Å². The highest BCUT2D eigenvalue weighted by Gasteiger charge is 2.18. The number of nitrogens with one attached hydrogen (secondary N) is 1. The Labute approximate surface area is 132 Å². The van der Waals surface area contributed by atoms with Crippen LogP contribution in [0.4, 0.5) is 5.82 Å². The summed E-state index contributed by atoms with van der Waals surface area (Å²) in [7, 11) is 0. The van der Waals surface area contributed by atoms with E-state index < -0.39 is 0 Å². The fraction of sp³-hybridized carbons (Fsp3) is 0. The first-order chi connectivity index (χ1) is 11.4. The van der Waals surface area contributed by atoms with Gasteiger partial charge in [0.1, 0.15) is 12.0 Å². The number of rotatable bonds is 3. The second kappa shape index (κ2) is 5.51. The summed E-state index contributed by atoms with van der Waals surface area (Å²) in [5, 5.41) is 5.55. The molecule has 4 aromatic rings. The number of fused-ring (bicyclic) bond motifs is 1. The Morgan fingerprint density at radius 2 is 1.57 bits per heavy atom. The van der Waals surface area contributed by atoms with E-state index in [0.717, 1.165) is 22.3 Å². The molecule has 3 N–H and O–H groups in total. The van der Waals surface area contributed by atoms with Gasteiger partial charge in [0, 0.05) is 5.56 Å². The van der Waals surface area contributed by atoms with E-state index in [2.05, 4.69) is 15.4 Å². The topological polar surface area (TPSA) is 81.7 Å². The Morgan fingerprint density at radius 3 is 2.26 bits per heavy atom. The molecule has 0 aliphatic carbocycles. The third-order valence-electron chi connectivity index (χ3n) is 3.65. The average Bonchev–Trinajstić information content (AvgIpc) is 3.03. The van der Waals surface area contributed by atoms with Crippen LogP contribution in [0.1, 0.15) is 0 Å². The largest absolute Gasteiger partial charge is 0.308 e. The average molecular weight is 302 g/mol. The molecule has 0 aliphatic rings. The minimum Gasteiger partial charge on any atom is -0.308 e. The highest BCUT2D eigenvalue weighted by molar-refractivity contribution is 5.99. The summed E-state index contributed by atoms with van der Waals surface area (Å²) >= 11 is 0. The van der Waals surface area contributed by atoms with Crippen molar-refractivity contribution in [3.05, 3.63) is 67.0 Å². The van der Waals surface area contributed by atoms with E-state index in [1.54, 1.807) is 4.68 Å². The van der Waals surface area contributed by atoms with Gasteiger partial charge in [-0.05, 0) is 12.1 Å². The van der Waals surface area contributed by atoms with E-state index in [-0.39, 0.29) is 0 Å². The van der Waals surface area contributed by atoms with Gasteiger partial charge in [0.05, 0.1) is 11.1 Å². The molecule has 0 fully saturated rings. The van der Waals surface area contributed by atoms with E-state index in [1.807, 2.05) is 60.7 Å². The van der Waals surface area contributed by atoms with Crippen LogP contribution in [0.2, 0.25) is 0 Å². The number of hydrogen-bond donors (Lipinski definition) is 2. The third kappa shape index (κ3) is 2.21. The maximum absolute atomic E-state index is 5.63. The van der Waals surface area contributed by atoms with Gasteiger partial charge < -0.3 is 5.43 Å². The number of hydrazine groups is 1. The van der Waals surface area contributed by atoms with Crippen molar-refractivity contribution < 1.29 is 0 Å². The molecule has 0 unspecified atom stereocenters. The molecular weight excluding hydrogens is 288 g/mol. The van der Waals surface area contributed by atoms with Crippen molar-refractivity contribution in [1.82, 2.24) is 19.7 Å². The first-order valence-corrected chi connectivity index (χ1v) is 7.19. The fourth-order valence-corrected chi connectivity index (χ4v) is 2.61. The molecule has 0 atom stereocenters. The number of benzene rings is 2. The number of hydrogen-bond acceptors (Lipinski definition) is 5. The van der Waals surface area contributed by atoms with Crippen molar-refractivity contribution in [2.45, 2.75) is 0 Å². The van der Waals surface area contributed by atoms with Crippen molar-refractivity contribution in [2.75, 3.05) is 5.43 Å². The van der Waals surface area contributed by atoms with Crippen molar-refractivity contribution in [3.8, 4) is 16.9 Å². The van der Waals surface area contributed by atoms with Gasteiger partial charge in [-0.3, -0.25) is 0 Å². The molecule has 0 aliphatic heterocycles. The first-order valence-electron chi connectivity index (χ1n) is 7.19. The van der Waals surface area contributed by atoms with Crippen LogP contribution in [-0.4, -0.2) is 19.7 Å². The molecule has 6 heteroatoms. The van der Waals surface area contributed by atoms with Crippen molar-refractivity contribution in [2.24, 2.45) is 5.84 Å². The lowest BCUT2D eigenvalue weighted by Crippen LogP contribution is -2.09. The summed E-state index contributed by atoms with van der Waals surface area (Å²) < 4.78 is 1.81. The third-order valence-corrected chi connectivity index (χ3v) is 3.65. The zero-order chi connectivity index (χ0) is 15.6. The molecule has 0 amide bonds. The van der Waals surface area contributed by atoms with Gasteiger partial charge in [-0.2, -0.15) is 5.10 Å². The Bertz CT molecular complexity index is 947. The molecule has 4 rings (SSSR count). The first kappa shape index (κ1) is 13.4. The summed E-state index contributed by atoms with van der Waals surface area (Å²) in [6.07, 6.45) is 1.48. The minimum absolute atomic E-state index is 0.552. The second-order valence-electron chi connectivity index (χ2n) is 5.03. The van der Waals surface area contributed by atoms with Crippen molar-refractivity contribution in [3.63, 3.8) is 0 Å². The zero-order valence-electron chi connectivity index (χ0n) is 12.2. The molecule has 2 heterocycles. The Balaban J connectivity index is 2.07. The number of anilines is 1. The highest BCUT2D eigenvalue weighted by Crippen LogP contribution is 2.32. The van der Waals surface area contributed by atoms with Crippen LogP contribution in [0.25, 0.3) is 28.0 Å². The summed E-state index contributed by atoms with van der Waals surface area (Å²) in [4.78, 5) is 8.62. The molecule has 2 aromatic heterocycles. The lowest BCUT2D eigenvalue weighted by atomic mass is 10.1. The van der Waals surface area contributed by atoms with Crippen LogP contribution in [-0.2, 0) is 0 Å². The monoisotopic (exact) mass is 302 g/mol. The van der Waals surface area contributed by atoms with Crippen LogP contribution >= 0.6 is 0 Å². The predicted molar refractivity (Wildman–Crippen MR) is 89.9 cm³/mol. The summed E-state index contributed by atoms with van der Waals surface area (Å²) in [6.45, 7) is 0. The molecule has 0 spiro atoms. The quantitative estimate of drug-likeness (QED) is 0.449. The number of nitrogens with two attached hydrogens (primary N) is 1. The summed E-state index contributed by atoms with van der Waals surface area (Å²) in [5.74, 6) is 6.19. The molecule has 0 bridgehead atoms. The fourth-order valence-electron chi connectivity index (χ4n) is 2.61. The van der Waals surface area contributed by atoms with Crippen LogP contribution in [0.5, 0.6) is 0 Å². The van der Waals surface area contributed by atoms with Crippen LogP contribution in [0.15, 0.2) is 67.0 Å². The predicted octanol–water partition coefficient (Wildman–Crippen LogP) is 2.77. The SMILES string of the molecule is NNc1ncnc2c1c(-c1ccccc1)nn2-c1ccccc1. The molecule has 0 radical (unpaired) electrons. The van der Waals surface area contributed by atoms with E-state index in [1.165, 1.54) is 6.33 Å². The molecule has 23 heavy (non-hydrogen) atoms. The number of nitrogens with zero attached hydrogens (tertiary/aromatic N) is 4. The van der Waals surface area contributed by atoms with Gasteiger partial charge in [0.2, 0.25) is 0 Å². The van der Waals surface area contributed by atoms with Crippen LogP contribution in [0.3, 0.4) is 0 Å². The Hall–Kier alpha value is -3.25. The standard InChI is InChI=1S/C17H14N6/c18-21-16-14-15(12-7-3-1-4-8-12)22-23(17(14)20-11-19-16)13-9-5-2-6-10-13/h1-11H,18H2,(H,19,20,21). The Morgan fingerprint density at radius 1 is 0.870 bits per heavy atom. The van der Waals surface area contributed by atoms with Gasteiger partial charge in [-0.1, -0.05) is 48.5 Å². The molecule has 0 saturated heterocycles. The molecule has 112 valence electrons. The van der Waals surface area contributed by atoms with Gasteiger partial charge in [-0.25, -0.2) is 20.5 Å². The van der Waals surface area contributed by atoms with Crippen molar-refractivity contribution in [1.29, 1.82) is 0 Å². The maximum atomic E-state index is 5.63. The van der Waals surface area contributed by atoms with Gasteiger partial charge in [0.25, 0.3) is 0 Å². The lowest BCUT2D eigenvalue weighted by Gasteiger charge is -2.03. The lowest BCUT2D eigenvalue weighted by molar-refractivity contribution is 0.899. The smallest absolute Gasteiger partial charge is 0.169 e. The highest BCUT2D eigenvalue weighted by atomic mass is 15.3. The van der Waals surface area contributed by atoms with Crippen molar-refractivity contribution >= 4 is 16.9 Å². The summed E-state index contributed by atoms with van der Waals surface area (Å²) in [5.41, 5.74) is 6.05. The normalized spacial score (nSPS) is 10.8. The maximum Gasteiger partial charge on any atom is 0.169 e.